The third kappa shape index (κ3) is 7.65. The lowest BCUT2D eigenvalue weighted by Crippen LogP contribution is -2.23. The second-order valence-corrected chi connectivity index (χ2v) is 12.1. The van der Waals surface area contributed by atoms with Gasteiger partial charge in [-0.1, -0.05) is 103 Å². The van der Waals surface area contributed by atoms with E-state index in [-0.39, 0.29) is 11.7 Å². The van der Waals surface area contributed by atoms with E-state index in [0.29, 0.717) is 18.3 Å². The number of hydrogen-bond acceptors (Lipinski definition) is 1. The molecule has 0 radical (unpaired) electrons. The molecule has 0 saturated heterocycles. The normalized spacial score (nSPS) is 20.7. The van der Waals surface area contributed by atoms with E-state index in [1.807, 2.05) is 0 Å². The van der Waals surface area contributed by atoms with Crippen molar-refractivity contribution in [2.45, 2.75) is 64.2 Å². The minimum absolute atomic E-state index is 0.220. The zero-order chi connectivity index (χ0) is 28.6. The molecule has 0 amide bonds. The molecule has 208 valence electrons. The van der Waals surface area contributed by atoms with Crippen LogP contribution >= 0.6 is 0 Å². The molecule has 0 N–H and O–H groups in total. The highest BCUT2D eigenvalue weighted by molar-refractivity contribution is 5.80. The van der Waals surface area contributed by atoms with Crippen molar-refractivity contribution in [3.63, 3.8) is 0 Å². The van der Waals surface area contributed by atoms with Crippen LogP contribution in [0.25, 0.3) is 5.57 Å². The highest BCUT2D eigenvalue weighted by atomic mass is 16.1. The van der Waals surface area contributed by atoms with Crippen molar-refractivity contribution in [2.24, 2.45) is 17.8 Å². The minimum Gasteiger partial charge on any atom is -0.300 e. The first-order valence-electron chi connectivity index (χ1n) is 15.3. The Kier molecular flexibility index (Phi) is 9.53. The Morgan fingerprint density at radius 2 is 1.63 bits per heavy atom. The Morgan fingerprint density at radius 1 is 0.927 bits per heavy atom. The lowest BCUT2D eigenvalue weighted by atomic mass is 9.69. The lowest BCUT2D eigenvalue weighted by molar-refractivity contribution is -0.117. The smallest absolute Gasteiger partial charge is 0.130 e. The van der Waals surface area contributed by atoms with E-state index < -0.39 is 0 Å². The maximum atomic E-state index is 11.6. The minimum atomic E-state index is 0.220. The maximum absolute atomic E-state index is 11.6. The van der Waals surface area contributed by atoms with Gasteiger partial charge in [0.25, 0.3) is 0 Å². The number of aryl methyl sites for hydroxylation is 1. The van der Waals surface area contributed by atoms with Crippen LogP contribution in [0.1, 0.15) is 79.2 Å². The summed E-state index contributed by atoms with van der Waals surface area (Å²) in [6, 6.07) is 28.5. The van der Waals surface area contributed by atoms with Crippen LogP contribution < -0.4 is 0 Å². The largest absolute Gasteiger partial charge is 0.300 e. The van der Waals surface area contributed by atoms with Gasteiger partial charge in [0.2, 0.25) is 0 Å². The van der Waals surface area contributed by atoms with E-state index in [4.69, 9.17) is 13.0 Å². The average molecular weight is 539 g/mol. The molecule has 2 aliphatic carbocycles. The number of Topliss-reactive ketones (excluding diaryl/α,β-unsaturated/α-hetero) is 1. The third-order valence-electron chi connectivity index (χ3n) is 9.07. The summed E-state index contributed by atoms with van der Waals surface area (Å²) in [5.74, 6) is 4.91. The van der Waals surface area contributed by atoms with E-state index in [2.05, 4.69) is 103 Å². The summed E-state index contributed by atoms with van der Waals surface area (Å²) in [5, 5.41) is 0. The fourth-order valence-corrected chi connectivity index (χ4v) is 6.85. The van der Waals surface area contributed by atoms with Crippen molar-refractivity contribution in [3.8, 4) is 12.3 Å². The van der Waals surface area contributed by atoms with Crippen molar-refractivity contribution >= 4 is 11.4 Å². The number of rotatable bonds is 11. The van der Waals surface area contributed by atoms with Crippen LogP contribution in [0.4, 0.5) is 0 Å². The SMILES string of the molecule is C#Cc1ccc(CC2CCC(C(C(=C)CCc3ccccc3)c3ccc(C4=CC(CC(C)=O)C=C4)cc3)CC2)cc1. The van der Waals surface area contributed by atoms with Crippen molar-refractivity contribution in [3.05, 3.63) is 137 Å². The van der Waals surface area contributed by atoms with Gasteiger partial charge in [-0.05, 0) is 104 Å². The molecule has 1 heteroatoms. The average Bonchev–Trinajstić information content (AvgIpc) is 3.46. The number of carbonyl (C=O) groups excluding carboxylic acids is 1. The first-order chi connectivity index (χ1) is 20.0. The molecule has 41 heavy (non-hydrogen) atoms. The lowest BCUT2D eigenvalue weighted by Gasteiger charge is -2.35. The van der Waals surface area contributed by atoms with Gasteiger partial charge in [-0.3, -0.25) is 4.79 Å². The highest BCUT2D eigenvalue weighted by Gasteiger charge is 2.30. The van der Waals surface area contributed by atoms with Gasteiger partial charge >= 0.3 is 0 Å². The van der Waals surface area contributed by atoms with Gasteiger partial charge in [0, 0.05) is 23.8 Å². The predicted octanol–water partition coefficient (Wildman–Crippen LogP) is 9.54. The molecule has 0 bridgehead atoms. The quantitative estimate of drug-likeness (QED) is 0.175. The Labute approximate surface area is 247 Å². The van der Waals surface area contributed by atoms with E-state index >= 15 is 0 Å². The zero-order valence-corrected chi connectivity index (χ0v) is 24.4. The Morgan fingerprint density at radius 3 is 2.29 bits per heavy atom. The summed E-state index contributed by atoms with van der Waals surface area (Å²) < 4.78 is 0. The molecule has 2 atom stereocenters. The molecule has 3 aromatic carbocycles. The Hall–Kier alpha value is -3.89. The van der Waals surface area contributed by atoms with E-state index in [1.54, 1.807) is 6.92 Å². The Bertz CT molecular complexity index is 1420. The van der Waals surface area contributed by atoms with Crippen molar-refractivity contribution < 1.29 is 4.79 Å². The summed E-state index contributed by atoms with van der Waals surface area (Å²) in [5.41, 5.74) is 8.92. The molecule has 2 unspecified atom stereocenters. The molecular weight excluding hydrogens is 496 g/mol. The van der Waals surface area contributed by atoms with Gasteiger partial charge in [0.15, 0.2) is 0 Å². The van der Waals surface area contributed by atoms with Crippen molar-refractivity contribution in [2.75, 3.05) is 0 Å². The first-order valence-corrected chi connectivity index (χ1v) is 15.3. The van der Waals surface area contributed by atoms with Crippen molar-refractivity contribution in [1.82, 2.24) is 0 Å². The zero-order valence-electron chi connectivity index (χ0n) is 24.4. The van der Waals surface area contributed by atoms with E-state index in [9.17, 15) is 4.79 Å². The molecule has 0 spiro atoms. The number of hydrogen-bond donors (Lipinski definition) is 0. The van der Waals surface area contributed by atoms with Crippen LogP contribution in [-0.2, 0) is 17.6 Å². The summed E-state index contributed by atoms with van der Waals surface area (Å²) in [6.45, 7) is 6.36. The summed E-state index contributed by atoms with van der Waals surface area (Å²) in [7, 11) is 0. The molecule has 3 aromatic rings. The van der Waals surface area contributed by atoms with Crippen LogP contribution in [-0.4, -0.2) is 5.78 Å². The molecule has 5 rings (SSSR count). The fourth-order valence-electron chi connectivity index (χ4n) is 6.85. The number of terminal acetylenes is 1. The molecule has 1 nitrogen and oxygen atoms in total. The van der Waals surface area contributed by atoms with Gasteiger partial charge in [-0.2, -0.15) is 0 Å². The molecule has 2 aliphatic rings. The van der Waals surface area contributed by atoms with E-state index in [1.165, 1.54) is 59.1 Å². The van der Waals surface area contributed by atoms with Gasteiger partial charge in [-0.25, -0.2) is 0 Å². The monoisotopic (exact) mass is 538 g/mol. The Balaban J connectivity index is 1.29. The standard InChI is InChI=1S/C40H42O/c1-4-31-12-14-33(15-13-31)27-34-16-19-37(20-17-34)40(29(2)10-11-32-8-6-5-7-9-32)38-24-22-36(23-25-38)39-21-18-35(28-39)26-30(3)41/h1,5-9,12-15,18,21-25,28,34-35,37,40H,2,10-11,16-17,19-20,26-27H2,3H3. The second-order valence-electron chi connectivity index (χ2n) is 12.1. The molecule has 0 aliphatic heterocycles. The first kappa shape index (κ1) is 28.6. The van der Waals surface area contributed by atoms with Gasteiger partial charge < -0.3 is 0 Å². The van der Waals surface area contributed by atoms with Crippen LogP contribution in [0, 0.1) is 30.1 Å². The van der Waals surface area contributed by atoms with Crippen LogP contribution in [0.2, 0.25) is 0 Å². The van der Waals surface area contributed by atoms with Crippen molar-refractivity contribution in [1.29, 1.82) is 0 Å². The number of carbonyl (C=O) groups is 1. The topological polar surface area (TPSA) is 17.1 Å². The molecule has 0 heterocycles. The molecule has 0 aromatic heterocycles. The van der Waals surface area contributed by atoms with Crippen LogP contribution in [0.3, 0.4) is 0 Å². The third-order valence-corrected chi connectivity index (χ3v) is 9.07. The molecule has 1 saturated carbocycles. The van der Waals surface area contributed by atoms with E-state index in [0.717, 1.165) is 30.7 Å². The maximum Gasteiger partial charge on any atom is 0.130 e. The second kappa shape index (κ2) is 13.6. The van der Waals surface area contributed by atoms with Crippen LogP contribution in [0.15, 0.2) is 109 Å². The fraction of sp³-hybridized carbons (Fsp3) is 0.325. The van der Waals surface area contributed by atoms with Crippen LogP contribution in [0.5, 0.6) is 0 Å². The van der Waals surface area contributed by atoms with Gasteiger partial charge in [0.05, 0.1) is 0 Å². The highest BCUT2D eigenvalue weighted by Crippen LogP contribution is 2.44. The summed E-state index contributed by atoms with van der Waals surface area (Å²) in [4.78, 5) is 11.6. The van der Waals surface area contributed by atoms with Gasteiger partial charge in [-0.15, -0.1) is 6.42 Å². The van der Waals surface area contributed by atoms with Gasteiger partial charge in [0.1, 0.15) is 5.78 Å². The molecular formula is C40H42O. The number of ketones is 1. The molecule has 1 fully saturated rings. The summed E-state index contributed by atoms with van der Waals surface area (Å²) >= 11 is 0. The number of allylic oxidation sites excluding steroid dienone is 5. The predicted molar refractivity (Wildman–Crippen MR) is 173 cm³/mol. The number of benzene rings is 3. The summed E-state index contributed by atoms with van der Waals surface area (Å²) in [6.07, 6.45) is 20.9.